The smallest absolute Gasteiger partial charge is 0.371 e. The van der Waals surface area contributed by atoms with Crippen LogP contribution in [0.4, 0.5) is 0 Å². The molecule has 1 unspecified atom stereocenters. The first-order valence-corrected chi connectivity index (χ1v) is 12.9. The van der Waals surface area contributed by atoms with Crippen molar-refractivity contribution < 1.29 is 18.3 Å². The summed E-state index contributed by atoms with van der Waals surface area (Å²) in [5.41, 5.74) is 8.46. The molecular formula is C33H17N3O2+2. The Morgan fingerprint density at radius 1 is 0.658 bits per heavy atom. The van der Waals surface area contributed by atoms with E-state index >= 15 is 0 Å². The third kappa shape index (κ3) is 1.65. The number of hydrogen-bond donors (Lipinski definition) is 0. The number of imidazole rings is 1. The number of furan rings is 1. The number of hydrogen-bond acceptors (Lipinski definition) is 2. The Morgan fingerprint density at radius 3 is 2.58 bits per heavy atom. The van der Waals surface area contributed by atoms with Crippen LogP contribution in [0.25, 0.3) is 60.5 Å². The molecule has 0 fully saturated rings. The molecule has 0 N–H and O–H groups in total. The van der Waals surface area contributed by atoms with Gasteiger partial charge in [-0.15, -0.1) is 4.57 Å². The van der Waals surface area contributed by atoms with E-state index in [1.54, 1.807) is 0 Å². The van der Waals surface area contributed by atoms with E-state index in [1.807, 2.05) is 12.1 Å². The van der Waals surface area contributed by atoms with Crippen LogP contribution >= 0.6 is 0 Å². The Kier molecular flexibility index (Phi) is 2.65. The summed E-state index contributed by atoms with van der Waals surface area (Å²) in [6.07, 6.45) is 6.66. The third-order valence-electron chi connectivity index (χ3n) is 9.03. The average Bonchev–Trinajstić information content (AvgIpc) is 3.70. The number of fused-ring (bicyclic) bond motifs is 8. The molecule has 38 heavy (non-hydrogen) atoms. The van der Waals surface area contributed by atoms with Crippen molar-refractivity contribution in [3.63, 3.8) is 0 Å². The summed E-state index contributed by atoms with van der Waals surface area (Å²) in [4.78, 5) is 0. The van der Waals surface area contributed by atoms with Crippen LogP contribution in [-0.4, -0.2) is 4.40 Å². The molecule has 3 aliphatic rings. The highest BCUT2D eigenvalue weighted by Gasteiger charge is 2.67. The van der Waals surface area contributed by atoms with Crippen molar-refractivity contribution in [1.82, 2.24) is 4.40 Å². The normalized spacial score (nSPS) is 17.8. The summed E-state index contributed by atoms with van der Waals surface area (Å²) in [5, 5.41) is 5.98. The number of rotatable bonds is 0. The van der Waals surface area contributed by atoms with E-state index in [2.05, 4.69) is 105 Å². The number of nitrogens with zero attached hydrogens (tertiary/aromatic N) is 3. The zero-order valence-electron chi connectivity index (χ0n) is 20.0. The predicted molar refractivity (Wildman–Crippen MR) is 144 cm³/mol. The summed E-state index contributed by atoms with van der Waals surface area (Å²) in [7, 11) is 0. The summed E-state index contributed by atoms with van der Waals surface area (Å²) in [5.74, 6) is 1.84. The highest BCUT2D eigenvalue weighted by atomic mass is 16.5. The SMILES string of the molecule is c1cc2c3c(c1)-c1cccc[n+]1C31c3c(ccc4c5cc6c(cc5n5cc[n+]1c5c34)oc1ccccc16)O2. The van der Waals surface area contributed by atoms with Crippen LogP contribution in [0.15, 0.2) is 108 Å². The predicted octanol–water partition coefficient (Wildman–Crippen LogP) is 6.42. The number of benzene rings is 4. The molecule has 0 aliphatic carbocycles. The van der Waals surface area contributed by atoms with Gasteiger partial charge in [-0.3, -0.25) is 0 Å². The maximum Gasteiger partial charge on any atom is 0.371 e. The summed E-state index contributed by atoms with van der Waals surface area (Å²) in [6.45, 7) is 0. The highest BCUT2D eigenvalue weighted by molar-refractivity contribution is 6.19. The van der Waals surface area contributed by atoms with Crippen LogP contribution in [0.1, 0.15) is 11.1 Å². The second-order valence-electron chi connectivity index (χ2n) is 10.6. The van der Waals surface area contributed by atoms with Gasteiger partial charge in [0.1, 0.15) is 51.7 Å². The lowest BCUT2D eigenvalue weighted by molar-refractivity contribution is -0.950. The van der Waals surface area contributed by atoms with Crippen molar-refractivity contribution in [3.05, 3.63) is 115 Å². The molecule has 0 saturated heterocycles. The van der Waals surface area contributed by atoms with Crippen LogP contribution in [0, 0.1) is 0 Å². The van der Waals surface area contributed by atoms with Crippen LogP contribution in [0.5, 0.6) is 11.5 Å². The third-order valence-corrected chi connectivity index (χ3v) is 9.03. The van der Waals surface area contributed by atoms with E-state index in [4.69, 9.17) is 9.15 Å². The van der Waals surface area contributed by atoms with Gasteiger partial charge in [-0.05, 0) is 42.5 Å². The molecule has 0 amide bonds. The first-order valence-electron chi connectivity index (χ1n) is 12.9. The Morgan fingerprint density at radius 2 is 1.58 bits per heavy atom. The lowest BCUT2D eigenvalue weighted by Gasteiger charge is -2.27. The number of para-hydroxylation sites is 1. The Bertz CT molecular complexity index is 2450. The first kappa shape index (κ1) is 18.1. The molecule has 1 spiro atoms. The van der Waals surface area contributed by atoms with Crippen molar-refractivity contribution in [2.75, 3.05) is 0 Å². The summed E-state index contributed by atoms with van der Waals surface area (Å²) in [6, 6.07) is 30.1. The average molecular weight is 488 g/mol. The van der Waals surface area contributed by atoms with Crippen molar-refractivity contribution in [2.45, 2.75) is 5.66 Å². The molecule has 0 bridgehead atoms. The zero-order chi connectivity index (χ0) is 24.3. The maximum atomic E-state index is 6.66. The molecule has 4 aromatic carbocycles. The van der Waals surface area contributed by atoms with E-state index in [9.17, 15) is 0 Å². The molecule has 11 rings (SSSR count). The van der Waals surface area contributed by atoms with Gasteiger partial charge in [0.2, 0.25) is 5.69 Å². The maximum absolute atomic E-state index is 6.66. The molecule has 3 aliphatic heterocycles. The standard InChI is InChI=1S/C33H17N3O2/c1-2-9-25-18(6-1)22-16-21-19-11-12-27-31-29(19)32-34(24(21)17-28(22)37-25)14-15-36(32)33(31)30-20(7-5-10-26(30)38-27)23-8-3-4-13-35(23)33/h1-17H/q+2. The fourth-order valence-corrected chi connectivity index (χ4v) is 7.71. The van der Waals surface area contributed by atoms with Gasteiger partial charge in [-0.2, -0.15) is 8.97 Å². The van der Waals surface area contributed by atoms with E-state index < -0.39 is 5.66 Å². The van der Waals surface area contributed by atoms with Gasteiger partial charge in [0, 0.05) is 39.7 Å². The monoisotopic (exact) mass is 487 g/mol. The number of pyridine rings is 2. The lowest BCUT2D eigenvalue weighted by Crippen LogP contribution is -2.71. The van der Waals surface area contributed by atoms with Gasteiger partial charge in [-0.1, -0.05) is 24.3 Å². The Hall–Kier alpha value is -5.16. The largest absolute Gasteiger partial charge is 0.456 e. The van der Waals surface area contributed by atoms with Crippen LogP contribution in [0.3, 0.4) is 0 Å². The number of ether oxygens (including phenoxy) is 1. The quantitative estimate of drug-likeness (QED) is 0.183. The molecule has 7 heterocycles. The molecule has 5 heteroatoms. The van der Waals surface area contributed by atoms with Gasteiger partial charge >= 0.3 is 11.3 Å². The minimum atomic E-state index is -0.532. The second-order valence-corrected chi connectivity index (χ2v) is 10.6. The lowest BCUT2D eigenvalue weighted by atomic mass is 9.86. The van der Waals surface area contributed by atoms with Crippen LogP contribution < -0.4 is 13.9 Å². The van der Waals surface area contributed by atoms with Crippen molar-refractivity contribution >= 4 is 49.3 Å². The van der Waals surface area contributed by atoms with Gasteiger partial charge in [0.15, 0.2) is 6.20 Å². The molecule has 4 aromatic heterocycles. The van der Waals surface area contributed by atoms with Gasteiger partial charge in [-0.25, -0.2) is 0 Å². The van der Waals surface area contributed by atoms with Crippen molar-refractivity contribution in [2.24, 2.45) is 0 Å². The molecule has 5 nitrogen and oxygen atoms in total. The van der Waals surface area contributed by atoms with Gasteiger partial charge in [0.05, 0.1) is 10.9 Å². The van der Waals surface area contributed by atoms with E-state index in [0.717, 1.165) is 39.0 Å². The fourth-order valence-electron chi connectivity index (χ4n) is 7.71. The minimum absolute atomic E-state index is 0.532. The minimum Gasteiger partial charge on any atom is -0.456 e. The molecule has 174 valence electrons. The fraction of sp³-hybridized carbons (Fsp3) is 0.0303. The highest BCUT2D eigenvalue weighted by Crippen LogP contribution is 2.57. The van der Waals surface area contributed by atoms with Gasteiger partial charge in [0.25, 0.3) is 0 Å². The second kappa shape index (κ2) is 5.55. The summed E-state index contributed by atoms with van der Waals surface area (Å²) < 4.78 is 20.2. The Balaban J connectivity index is 1.41. The van der Waals surface area contributed by atoms with Crippen LogP contribution in [0.2, 0.25) is 0 Å². The zero-order valence-corrected chi connectivity index (χ0v) is 20.0. The molecular weight excluding hydrogens is 470 g/mol. The molecule has 1 atom stereocenters. The number of aromatic nitrogens is 3. The molecule has 0 saturated carbocycles. The van der Waals surface area contributed by atoms with Crippen LogP contribution in [-0.2, 0) is 5.66 Å². The van der Waals surface area contributed by atoms with Crippen molar-refractivity contribution in [1.29, 1.82) is 0 Å². The van der Waals surface area contributed by atoms with Crippen molar-refractivity contribution in [3.8, 4) is 22.8 Å². The topological polar surface area (TPSA) is 34.5 Å². The summed E-state index contributed by atoms with van der Waals surface area (Å²) >= 11 is 0. The van der Waals surface area contributed by atoms with E-state index in [-0.39, 0.29) is 0 Å². The Labute approximate surface area is 215 Å². The van der Waals surface area contributed by atoms with Gasteiger partial charge < -0.3 is 9.15 Å². The van der Waals surface area contributed by atoms with E-state index in [1.165, 1.54) is 44.2 Å². The first-order chi connectivity index (χ1) is 18.8. The molecule has 8 aromatic rings. The van der Waals surface area contributed by atoms with E-state index in [0.29, 0.717) is 0 Å². The molecule has 0 radical (unpaired) electrons.